The number of rotatable bonds is 4. The maximum Gasteiger partial charge on any atom is 0.200 e. The lowest BCUT2D eigenvalue weighted by Crippen LogP contribution is -2.03. The topological polar surface area (TPSA) is 18.5 Å². The van der Waals surface area contributed by atoms with E-state index in [1.165, 1.54) is 32.4 Å². The molecular formula is C16H11F5O2. The minimum Gasteiger partial charge on any atom is -0.497 e. The van der Waals surface area contributed by atoms with Crippen molar-refractivity contribution in [2.75, 3.05) is 14.2 Å². The van der Waals surface area contributed by atoms with Gasteiger partial charge in [0.25, 0.3) is 0 Å². The molecule has 0 spiro atoms. The Hall–Kier alpha value is -2.57. The summed E-state index contributed by atoms with van der Waals surface area (Å²) < 4.78 is 76.5. The first-order chi connectivity index (χ1) is 10.9. The van der Waals surface area contributed by atoms with Gasteiger partial charge in [-0.3, -0.25) is 0 Å². The van der Waals surface area contributed by atoms with E-state index in [1.54, 1.807) is 6.07 Å². The van der Waals surface area contributed by atoms with Crippen LogP contribution in [0.15, 0.2) is 18.2 Å². The fraction of sp³-hybridized carbons (Fsp3) is 0.125. The van der Waals surface area contributed by atoms with E-state index >= 15 is 0 Å². The zero-order valence-electron chi connectivity index (χ0n) is 12.1. The summed E-state index contributed by atoms with van der Waals surface area (Å²) in [6.45, 7) is 0. The Bertz CT molecular complexity index is 743. The Balaban J connectivity index is 2.50. The van der Waals surface area contributed by atoms with Gasteiger partial charge in [-0.2, -0.15) is 0 Å². The predicted octanol–water partition coefficient (Wildman–Crippen LogP) is 4.57. The van der Waals surface area contributed by atoms with Gasteiger partial charge in [-0.25, -0.2) is 22.0 Å². The zero-order chi connectivity index (χ0) is 17.1. The highest BCUT2D eigenvalue weighted by atomic mass is 19.2. The summed E-state index contributed by atoms with van der Waals surface area (Å²) in [5.41, 5.74) is -0.656. The third-order valence-electron chi connectivity index (χ3n) is 3.11. The van der Waals surface area contributed by atoms with Crippen LogP contribution < -0.4 is 9.47 Å². The molecule has 0 aliphatic carbocycles. The Morgan fingerprint density at radius 2 is 1.30 bits per heavy atom. The molecule has 0 amide bonds. The smallest absolute Gasteiger partial charge is 0.200 e. The lowest BCUT2D eigenvalue weighted by atomic mass is 10.1. The molecule has 23 heavy (non-hydrogen) atoms. The van der Waals surface area contributed by atoms with Gasteiger partial charge in [0.15, 0.2) is 23.3 Å². The second-order valence-corrected chi connectivity index (χ2v) is 4.42. The van der Waals surface area contributed by atoms with Gasteiger partial charge in [0.1, 0.15) is 11.5 Å². The van der Waals surface area contributed by atoms with Crippen LogP contribution >= 0.6 is 0 Å². The number of hydrogen-bond donors (Lipinski definition) is 0. The summed E-state index contributed by atoms with van der Waals surface area (Å²) in [5.74, 6) is -9.19. The van der Waals surface area contributed by atoms with Crippen LogP contribution in [0.5, 0.6) is 11.5 Å². The first kappa shape index (κ1) is 16.8. The Morgan fingerprint density at radius 1 is 0.739 bits per heavy atom. The van der Waals surface area contributed by atoms with Gasteiger partial charge >= 0.3 is 0 Å². The van der Waals surface area contributed by atoms with Crippen molar-refractivity contribution in [3.8, 4) is 11.5 Å². The molecule has 0 atom stereocenters. The average Bonchev–Trinajstić information content (AvgIpc) is 2.58. The van der Waals surface area contributed by atoms with E-state index in [0.29, 0.717) is 17.1 Å². The molecule has 0 unspecified atom stereocenters. The summed E-state index contributed by atoms with van der Waals surface area (Å²) in [4.78, 5) is 0. The molecule has 0 radical (unpaired) electrons. The molecule has 2 rings (SSSR count). The molecule has 0 fully saturated rings. The van der Waals surface area contributed by atoms with Gasteiger partial charge in [0.05, 0.1) is 19.8 Å². The molecule has 122 valence electrons. The zero-order valence-corrected chi connectivity index (χ0v) is 12.1. The van der Waals surface area contributed by atoms with E-state index in [0.717, 1.165) is 6.08 Å². The Kier molecular flexibility index (Phi) is 4.88. The predicted molar refractivity (Wildman–Crippen MR) is 74.7 cm³/mol. The van der Waals surface area contributed by atoms with Crippen LogP contribution in [0.1, 0.15) is 11.1 Å². The van der Waals surface area contributed by atoms with Crippen molar-refractivity contribution in [1.29, 1.82) is 0 Å². The highest BCUT2D eigenvalue weighted by Gasteiger charge is 2.24. The molecule has 0 heterocycles. The van der Waals surface area contributed by atoms with Gasteiger partial charge < -0.3 is 9.47 Å². The molecule has 2 aromatic rings. The fourth-order valence-electron chi connectivity index (χ4n) is 1.90. The minimum absolute atomic E-state index is 0.310. The van der Waals surface area contributed by atoms with Crippen LogP contribution in [-0.4, -0.2) is 14.2 Å². The van der Waals surface area contributed by atoms with E-state index in [2.05, 4.69) is 0 Å². The van der Waals surface area contributed by atoms with E-state index < -0.39 is 34.6 Å². The highest BCUT2D eigenvalue weighted by molar-refractivity contribution is 5.73. The lowest BCUT2D eigenvalue weighted by molar-refractivity contribution is 0.377. The van der Waals surface area contributed by atoms with Gasteiger partial charge in [-0.05, 0) is 18.2 Å². The number of halogens is 5. The molecule has 0 aliphatic rings. The van der Waals surface area contributed by atoms with Gasteiger partial charge in [0.2, 0.25) is 5.82 Å². The number of benzene rings is 2. The molecule has 2 aromatic carbocycles. The van der Waals surface area contributed by atoms with E-state index in [4.69, 9.17) is 9.47 Å². The Labute approximate surface area is 128 Å². The lowest BCUT2D eigenvalue weighted by Gasteiger charge is -2.08. The normalized spacial score (nSPS) is 11.1. The van der Waals surface area contributed by atoms with Crippen LogP contribution in [0.25, 0.3) is 12.2 Å². The molecule has 0 saturated carbocycles. The Morgan fingerprint density at radius 3 is 1.83 bits per heavy atom. The molecule has 0 saturated heterocycles. The number of ether oxygens (including phenoxy) is 2. The second-order valence-electron chi connectivity index (χ2n) is 4.42. The molecule has 0 N–H and O–H groups in total. The van der Waals surface area contributed by atoms with Crippen molar-refractivity contribution in [3.63, 3.8) is 0 Å². The van der Waals surface area contributed by atoms with Crippen LogP contribution in [0.3, 0.4) is 0 Å². The van der Waals surface area contributed by atoms with Gasteiger partial charge in [0, 0.05) is 11.6 Å². The molecular weight excluding hydrogens is 319 g/mol. The van der Waals surface area contributed by atoms with Crippen LogP contribution in [0, 0.1) is 29.1 Å². The molecule has 0 aromatic heterocycles. The summed E-state index contributed by atoms with van der Waals surface area (Å²) in [7, 11) is 2.81. The largest absolute Gasteiger partial charge is 0.497 e. The first-order valence-electron chi connectivity index (χ1n) is 6.32. The summed E-state index contributed by atoms with van der Waals surface area (Å²) in [6, 6.07) is 4.58. The SMILES string of the molecule is COc1ccc(/C=C\c2c(F)c(F)c(F)c(F)c2F)c(OC)c1. The standard InChI is InChI=1S/C16H11F5O2/c1-22-9-5-3-8(11(7-9)23-2)4-6-10-12(17)14(19)16(21)15(20)13(10)18/h3-7H,1-2H3/b6-4-. The van der Waals surface area contributed by atoms with Crippen molar-refractivity contribution >= 4 is 12.2 Å². The summed E-state index contributed by atoms with van der Waals surface area (Å²) >= 11 is 0. The van der Waals surface area contributed by atoms with E-state index in [-0.39, 0.29) is 0 Å². The van der Waals surface area contributed by atoms with Crippen LogP contribution in [0.2, 0.25) is 0 Å². The quantitative estimate of drug-likeness (QED) is 0.354. The third-order valence-corrected chi connectivity index (χ3v) is 3.11. The number of methoxy groups -OCH3 is 2. The maximum atomic E-state index is 13.6. The van der Waals surface area contributed by atoms with Crippen molar-refractivity contribution in [2.24, 2.45) is 0 Å². The monoisotopic (exact) mass is 330 g/mol. The second kappa shape index (κ2) is 6.68. The molecule has 0 aliphatic heterocycles. The van der Waals surface area contributed by atoms with Crippen molar-refractivity contribution in [3.05, 3.63) is 58.4 Å². The van der Waals surface area contributed by atoms with Crippen LogP contribution in [0.4, 0.5) is 22.0 Å². The minimum atomic E-state index is -2.20. The fourth-order valence-corrected chi connectivity index (χ4v) is 1.90. The average molecular weight is 330 g/mol. The molecule has 2 nitrogen and oxygen atoms in total. The number of hydrogen-bond acceptors (Lipinski definition) is 2. The molecule has 7 heteroatoms. The third kappa shape index (κ3) is 3.13. The van der Waals surface area contributed by atoms with E-state index in [9.17, 15) is 22.0 Å². The molecule has 0 bridgehead atoms. The van der Waals surface area contributed by atoms with Crippen molar-refractivity contribution in [1.82, 2.24) is 0 Å². The van der Waals surface area contributed by atoms with Crippen LogP contribution in [-0.2, 0) is 0 Å². The van der Waals surface area contributed by atoms with Crippen molar-refractivity contribution < 1.29 is 31.4 Å². The maximum absolute atomic E-state index is 13.6. The summed E-state index contributed by atoms with van der Waals surface area (Å²) in [6.07, 6.45) is 1.97. The highest BCUT2D eigenvalue weighted by Crippen LogP contribution is 2.28. The van der Waals surface area contributed by atoms with E-state index in [1.807, 2.05) is 0 Å². The van der Waals surface area contributed by atoms with Gasteiger partial charge in [-0.1, -0.05) is 6.08 Å². The summed E-state index contributed by atoms with van der Waals surface area (Å²) in [5, 5.41) is 0. The first-order valence-corrected chi connectivity index (χ1v) is 6.32. The van der Waals surface area contributed by atoms with Crippen molar-refractivity contribution in [2.45, 2.75) is 0 Å². The van der Waals surface area contributed by atoms with Gasteiger partial charge in [-0.15, -0.1) is 0 Å².